The number of hydrogen-bond donors (Lipinski definition) is 2. The third-order valence-corrected chi connectivity index (χ3v) is 3.21. The highest BCUT2D eigenvalue weighted by atomic mass is 16.5. The van der Waals surface area contributed by atoms with Crippen LogP contribution in [0, 0.1) is 0 Å². The van der Waals surface area contributed by atoms with Crippen LogP contribution in [0.4, 0.5) is 0 Å². The monoisotopic (exact) mass is 270 g/mol. The summed E-state index contributed by atoms with van der Waals surface area (Å²) >= 11 is 0. The minimum Gasteiger partial charge on any atom is -0.380 e. The summed E-state index contributed by atoms with van der Waals surface area (Å²) in [6.07, 6.45) is 2.73. The van der Waals surface area contributed by atoms with E-state index < -0.39 is 0 Å². The molecule has 19 heavy (non-hydrogen) atoms. The van der Waals surface area contributed by atoms with E-state index in [0.717, 1.165) is 57.9 Å². The first-order valence-corrected chi connectivity index (χ1v) is 7.65. The number of aliphatic imine (C=N–C) groups is 1. The quantitative estimate of drug-likeness (QED) is 0.354. The minimum atomic E-state index is 0.726. The van der Waals surface area contributed by atoms with Gasteiger partial charge in [0.25, 0.3) is 0 Å². The van der Waals surface area contributed by atoms with Crippen molar-refractivity contribution in [3.8, 4) is 0 Å². The average Bonchev–Trinajstić information content (AvgIpc) is 3.24. The zero-order chi connectivity index (χ0) is 13.9. The molecule has 112 valence electrons. The van der Waals surface area contributed by atoms with Crippen LogP contribution in [0.3, 0.4) is 0 Å². The van der Waals surface area contributed by atoms with Crippen LogP contribution < -0.4 is 10.6 Å². The van der Waals surface area contributed by atoms with E-state index in [2.05, 4.69) is 34.4 Å². The van der Waals surface area contributed by atoms with Crippen molar-refractivity contribution in [2.45, 2.75) is 39.7 Å². The summed E-state index contributed by atoms with van der Waals surface area (Å²) in [5, 5.41) is 6.55. The summed E-state index contributed by atoms with van der Waals surface area (Å²) in [5.41, 5.74) is 0. The van der Waals surface area contributed by atoms with Crippen LogP contribution in [0.2, 0.25) is 0 Å². The highest BCUT2D eigenvalue weighted by Gasteiger charge is 2.26. The number of likely N-dealkylation sites (N-methyl/N-ethyl adjacent to an activating group) is 1. The average molecular weight is 270 g/mol. The van der Waals surface area contributed by atoms with Gasteiger partial charge in [-0.15, -0.1) is 0 Å². The maximum atomic E-state index is 5.31. The molecular weight excluding hydrogens is 240 g/mol. The second-order valence-electron chi connectivity index (χ2n) is 4.74. The van der Waals surface area contributed by atoms with E-state index in [1.165, 1.54) is 12.8 Å². The van der Waals surface area contributed by atoms with Gasteiger partial charge in [0.05, 0.1) is 13.2 Å². The predicted molar refractivity (Wildman–Crippen MR) is 80.7 cm³/mol. The molecule has 0 unspecified atom stereocenters. The van der Waals surface area contributed by atoms with Crippen molar-refractivity contribution in [2.75, 3.05) is 45.9 Å². The SMILES string of the molecule is CCNC(=NCCN(CC)C1CC1)NCCOCC. The first-order chi connectivity index (χ1) is 9.31. The summed E-state index contributed by atoms with van der Waals surface area (Å²) in [5.74, 6) is 0.897. The summed E-state index contributed by atoms with van der Waals surface area (Å²) in [4.78, 5) is 7.13. The van der Waals surface area contributed by atoms with Gasteiger partial charge in [-0.05, 0) is 33.2 Å². The van der Waals surface area contributed by atoms with Gasteiger partial charge >= 0.3 is 0 Å². The molecule has 1 fully saturated rings. The highest BCUT2D eigenvalue weighted by Crippen LogP contribution is 2.25. The fraction of sp³-hybridized carbons (Fsp3) is 0.929. The lowest BCUT2D eigenvalue weighted by molar-refractivity contribution is 0.152. The Kier molecular flexibility index (Phi) is 8.58. The van der Waals surface area contributed by atoms with E-state index >= 15 is 0 Å². The third-order valence-electron chi connectivity index (χ3n) is 3.21. The molecule has 0 aliphatic heterocycles. The molecule has 0 aromatic heterocycles. The molecule has 1 aliphatic carbocycles. The zero-order valence-electron chi connectivity index (χ0n) is 12.7. The Morgan fingerprint density at radius 2 is 2.05 bits per heavy atom. The molecule has 0 saturated heterocycles. The molecule has 5 nitrogen and oxygen atoms in total. The molecule has 0 aromatic rings. The van der Waals surface area contributed by atoms with Gasteiger partial charge in [-0.2, -0.15) is 0 Å². The number of hydrogen-bond acceptors (Lipinski definition) is 3. The van der Waals surface area contributed by atoms with Crippen molar-refractivity contribution in [2.24, 2.45) is 4.99 Å². The molecule has 1 rings (SSSR count). The lowest BCUT2D eigenvalue weighted by Crippen LogP contribution is -2.39. The van der Waals surface area contributed by atoms with E-state index in [1.54, 1.807) is 0 Å². The number of rotatable bonds is 10. The fourth-order valence-electron chi connectivity index (χ4n) is 2.06. The number of guanidine groups is 1. The van der Waals surface area contributed by atoms with Crippen LogP contribution in [-0.2, 0) is 4.74 Å². The predicted octanol–water partition coefficient (Wildman–Crippen LogP) is 1.06. The molecule has 1 aliphatic rings. The van der Waals surface area contributed by atoms with Gasteiger partial charge in [-0.3, -0.25) is 9.89 Å². The second-order valence-corrected chi connectivity index (χ2v) is 4.74. The lowest BCUT2D eigenvalue weighted by Gasteiger charge is -2.18. The van der Waals surface area contributed by atoms with Crippen molar-refractivity contribution < 1.29 is 4.74 Å². The van der Waals surface area contributed by atoms with Crippen LogP contribution >= 0.6 is 0 Å². The molecule has 0 amide bonds. The Labute approximate surface area is 117 Å². The zero-order valence-corrected chi connectivity index (χ0v) is 12.7. The Balaban J connectivity index is 2.22. The molecule has 0 atom stereocenters. The molecule has 5 heteroatoms. The summed E-state index contributed by atoms with van der Waals surface area (Å²) < 4.78 is 5.31. The number of nitrogens with one attached hydrogen (secondary N) is 2. The summed E-state index contributed by atoms with van der Waals surface area (Å²) in [7, 11) is 0. The fourth-order valence-corrected chi connectivity index (χ4v) is 2.06. The van der Waals surface area contributed by atoms with Gasteiger partial charge in [-0.1, -0.05) is 6.92 Å². The Bertz CT molecular complexity index is 254. The van der Waals surface area contributed by atoms with Gasteiger partial charge in [-0.25, -0.2) is 0 Å². The molecule has 2 N–H and O–H groups in total. The molecule has 0 aromatic carbocycles. The second kappa shape index (κ2) is 10.0. The number of ether oxygens (including phenoxy) is 1. The van der Waals surface area contributed by atoms with E-state index in [4.69, 9.17) is 4.74 Å². The van der Waals surface area contributed by atoms with Gasteiger partial charge in [0.15, 0.2) is 5.96 Å². The molecule has 1 saturated carbocycles. The third kappa shape index (κ3) is 7.38. The minimum absolute atomic E-state index is 0.726. The normalized spacial score (nSPS) is 15.9. The van der Waals surface area contributed by atoms with E-state index in [1.807, 2.05) is 6.92 Å². The summed E-state index contributed by atoms with van der Waals surface area (Å²) in [6, 6.07) is 0.827. The molecular formula is C14H30N4O. The Morgan fingerprint density at radius 3 is 2.63 bits per heavy atom. The van der Waals surface area contributed by atoms with E-state index in [0.29, 0.717) is 0 Å². The van der Waals surface area contributed by atoms with Crippen molar-refractivity contribution in [1.29, 1.82) is 0 Å². The Hall–Kier alpha value is -0.810. The van der Waals surface area contributed by atoms with Gasteiger partial charge in [0, 0.05) is 32.3 Å². The lowest BCUT2D eigenvalue weighted by atomic mass is 10.4. The van der Waals surface area contributed by atoms with Crippen LogP contribution in [0.1, 0.15) is 33.6 Å². The van der Waals surface area contributed by atoms with Crippen LogP contribution in [0.25, 0.3) is 0 Å². The molecule has 0 heterocycles. The van der Waals surface area contributed by atoms with Crippen molar-refractivity contribution in [1.82, 2.24) is 15.5 Å². The maximum Gasteiger partial charge on any atom is 0.191 e. The largest absolute Gasteiger partial charge is 0.380 e. The van der Waals surface area contributed by atoms with Gasteiger partial charge in [0.1, 0.15) is 0 Å². The maximum absolute atomic E-state index is 5.31. The first-order valence-electron chi connectivity index (χ1n) is 7.65. The molecule has 0 radical (unpaired) electrons. The van der Waals surface area contributed by atoms with Crippen LogP contribution in [0.15, 0.2) is 4.99 Å². The standard InChI is InChI=1S/C14H30N4O/c1-4-15-14(17-10-12-19-6-3)16-9-11-18(5-2)13-7-8-13/h13H,4-12H2,1-3H3,(H2,15,16,17). The first kappa shape index (κ1) is 16.2. The van der Waals surface area contributed by atoms with Gasteiger partial charge < -0.3 is 15.4 Å². The van der Waals surface area contributed by atoms with Crippen molar-refractivity contribution in [3.05, 3.63) is 0 Å². The van der Waals surface area contributed by atoms with E-state index in [-0.39, 0.29) is 0 Å². The van der Waals surface area contributed by atoms with Crippen LogP contribution in [0.5, 0.6) is 0 Å². The van der Waals surface area contributed by atoms with Crippen LogP contribution in [-0.4, -0.2) is 62.8 Å². The molecule has 0 bridgehead atoms. The number of nitrogens with zero attached hydrogens (tertiary/aromatic N) is 2. The van der Waals surface area contributed by atoms with Crippen molar-refractivity contribution in [3.63, 3.8) is 0 Å². The van der Waals surface area contributed by atoms with Crippen molar-refractivity contribution >= 4 is 5.96 Å². The Morgan fingerprint density at radius 1 is 1.26 bits per heavy atom. The smallest absolute Gasteiger partial charge is 0.191 e. The highest BCUT2D eigenvalue weighted by molar-refractivity contribution is 5.79. The summed E-state index contributed by atoms with van der Waals surface area (Å²) in [6.45, 7) is 12.6. The molecule has 0 spiro atoms. The topological polar surface area (TPSA) is 48.9 Å². The van der Waals surface area contributed by atoms with E-state index in [9.17, 15) is 0 Å². The van der Waals surface area contributed by atoms with Gasteiger partial charge in [0.2, 0.25) is 0 Å².